The van der Waals surface area contributed by atoms with E-state index in [0.29, 0.717) is 12.5 Å². The standard InChI is InChI=1S/C19H31BrN4O.HI/c1-18(2,3)23-16(25)12-24(7)17(21-6)22-13-19(4,5)14-10-8-9-11-15(14)20;/h8-11H,12-13H2,1-7H3,(H,21,22)(H,23,25);1H. The molecule has 2 N–H and O–H groups in total. The minimum Gasteiger partial charge on any atom is -0.355 e. The van der Waals surface area contributed by atoms with E-state index in [9.17, 15) is 4.79 Å². The van der Waals surface area contributed by atoms with E-state index in [2.05, 4.69) is 57.5 Å². The summed E-state index contributed by atoms with van der Waals surface area (Å²) >= 11 is 3.62. The number of carbonyl (C=O) groups excluding carboxylic acids is 1. The van der Waals surface area contributed by atoms with Crippen LogP contribution < -0.4 is 10.6 Å². The zero-order valence-corrected chi connectivity index (χ0v) is 20.7. The number of hydrogen-bond donors (Lipinski definition) is 2. The molecule has 0 spiro atoms. The van der Waals surface area contributed by atoms with Crippen LogP contribution in [0.2, 0.25) is 0 Å². The Balaban J connectivity index is 0.00000625. The average molecular weight is 539 g/mol. The summed E-state index contributed by atoms with van der Waals surface area (Å²) in [5.41, 5.74) is 0.896. The molecule has 26 heavy (non-hydrogen) atoms. The van der Waals surface area contributed by atoms with Crippen LogP contribution in [0.25, 0.3) is 0 Å². The molecule has 0 aliphatic rings. The molecular weight excluding hydrogens is 507 g/mol. The highest BCUT2D eigenvalue weighted by molar-refractivity contribution is 14.0. The van der Waals surface area contributed by atoms with Gasteiger partial charge >= 0.3 is 0 Å². The van der Waals surface area contributed by atoms with E-state index >= 15 is 0 Å². The maximum Gasteiger partial charge on any atom is 0.240 e. The lowest BCUT2D eigenvalue weighted by molar-refractivity contribution is -0.122. The van der Waals surface area contributed by atoms with Crippen LogP contribution >= 0.6 is 39.9 Å². The molecule has 0 aromatic heterocycles. The van der Waals surface area contributed by atoms with Gasteiger partial charge in [-0.3, -0.25) is 9.79 Å². The second-order valence-electron chi connectivity index (χ2n) is 7.92. The molecule has 0 aliphatic carbocycles. The highest BCUT2D eigenvalue weighted by Crippen LogP contribution is 2.29. The molecule has 0 saturated carbocycles. The van der Waals surface area contributed by atoms with Gasteiger partial charge in [-0.25, -0.2) is 0 Å². The molecule has 1 aromatic carbocycles. The summed E-state index contributed by atoms with van der Waals surface area (Å²) in [4.78, 5) is 18.2. The first-order chi connectivity index (χ1) is 11.5. The molecule has 0 aliphatic heterocycles. The third-order valence-corrected chi connectivity index (χ3v) is 4.45. The monoisotopic (exact) mass is 538 g/mol. The largest absolute Gasteiger partial charge is 0.355 e. The van der Waals surface area contributed by atoms with Crippen molar-refractivity contribution in [1.29, 1.82) is 0 Å². The molecule has 7 heteroatoms. The van der Waals surface area contributed by atoms with E-state index in [1.165, 1.54) is 5.56 Å². The number of benzene rings is 1. The first-order valence-electron chi connectivity index (χ1n) is 8.44. The van der Waals surface area contributed by atoms with Gasteiger partial charge in [-0.15, -0.1) is 24.0 Å². The van der Waals surface area contributed by atoms with Crippen molar-refractivity contribution in [2.45, 2.75) is 45.6 Å². The topological polar surface area (TPSA) is 56.7 Å². The van der Waals surface area contributed by atoms with Gasteiger partial charge < -0.3 is 15.5 Å². The molecule has 5 nitrogen and oxygen atoms in total. The lowest BCUT2D eigenvalue weighted by Crippen LogP contribution is -2.50. The number of nitrogens with zero attached hydrogens (tertiary/aromatic N) is 2. The number of aliphatic imine (C=N–C) groups is 1. The maximum absolute atomic E-state index is 12.1. The molecule has 0 bridgehead atoms. The van der Waals surface area contributed by atoms with Gasteiger partial charge in [0.15, 0.2) is 5.96 Å². The van der Waals surface area contributed by atoms with Crippen molar-refractivity contribution in [2.75, 3.05) is 27.2 Å². The minimum atomic E-state index is -0.240. The zero-order chi connectivity index (χ0) is 19.3. The second-order valence-corrected chi connectivity index (χ2v) is 8.77. The quantitative estimate of drug-likeness (QED) is 0.341. The predicted molar refractivity (Wildman–Crippen MR) is 124 cm³/mol. The summed E-state index contributed by atoms with van der Waals surface area (Å²) in [6, 6.07) is 8.22. The molecule has 0 radical (unpaired) electrons. The van der Waals surface area contributed by atoms with Gasteiger partial charge in [0.1, 0.15) is 0 Å². The Bertz CT molecular complexity index is 626. The SMILES string of the molecule is CN=C(NCC(C)(C)c1ccccc1Br)N(C)CC(=O)NC(C)(C)C.I. The molecule has 148 valence electrons. The van der Waals surface area contributed by atoms with Gasteiger partial charge in [-0.05, 0) is 32.4 Å². The Kier molecular flexibility index (Phi) is 10.2. The molecule has 0 saturated heterocycles. The average Bonchev–Trinajstić information content (AvgIpc) is 2.45. The van der Waals surface area contributed by atoms with Crippen LogP contribution in [0.3, 0.4) is 0 Å². The Morgan fingerprint density at radius 3 is 2.27 bits per heavy atom. The molecule has 0 atom stereocenters. The fraction of sp³-hybridized carbons (Fsp3) is 0.579. The Hall–Kier alpha value is -0.830. The molecule has 1 amide bonds. The predicted octanol–water partition coefficient (Wildman–Crippen LogP) is 3.77. The van der Waals surface area contributed by atoms with Gasteiger partial charge in [-0.2, -0.15) is 0 Å². The van der Waals surface area contributed by atoms with Crippen molar-refractivity contribution in [3.8, 4) is 0 Å². The normalized spacial score (nSPS) is 12.2. The van der Waals surface area contributed by atoms with E-state index < -0.39 is 0 Å². The first-order valence-corrected chi connectivity index (χ1v) is 9.23. The van der Waals surface area contributed by atoms with Crippen molar-refractivity contribution in [3.05, 3.63) is 34.3 Å². The van der Waals surface area contributed by atoms with Gasteiger partial charge in [0, 0.05) is 36.1 Å². The number of nitrogens with one attached hydrogen (secondary N) is 2. The number of rotatable bonds is 5. The van der Waals surface area contributed by atoms with Gasteiger partial charge in [-0.1, -0.05) is 48.0 Å². The first kappa shape index (κ1) is 25.2. The van der Waals surface area contributed by atoms with Crippen molar-refractivity contribution >= 4 is 51.8 Å². The summed E-state index contributed by atoms with van der Waals surface area (Å²) in [7, 11) is 3.59. The summed E-state index contributed by atoms with van der Waals surface area (Å²) in [5.74, 6) is 0.673. The molecule has 1 rings (SSSR count). The number of hydrogen-bond acceptors (Lipinski definition) is 2. The highest BCUT2D eigenvalue weighted by Gasteiger charge is 2.24. The zero-order valence-electron chi connectivity index (χ0n) is 16.8. The van der Waals surface area contributed by atoms with E-state index in [1.807, 2.05) is 44.9 Å². The van der Waals surface area contributed by atoms with Crippen LogP contribution in [-0.4, -0.2) is 49.5 Å². The highest BCUT2D eigenvalue weighted by atomic mass is 127. The lowest BCUT2D eigenvalue weighted by Gasteiger charge is -2.30. The molecule has 0 fully saturated rings. The van der Waals surface area contributed by atoms with Gasteiger partial charge in [0.2, 0.25) is 5.91 Å². The van der Waals surface area contributed by atoms with Crippen molar-refractivity contribution in [3.63, 3.8) is 0 Å². The number of carbonyl (C=O) groups is 1. The lowest BCUT2D eigenvalue weighted by atomic mass is 9.84. The Labute approximate surface area is 183 Å². The van der Waals surface area contributed by atoms with E-state index in [-0.39, 0.29) is 47.4 Å². The second kappa shape index (κ2) is 10.5. The molecular formula is C19H32BrIN4O. The number of likely N-dealkylation sites (N-methyl/N-ethyl adjacent to an activating group) is 1. The summed E-state index contributed by atoms with van der Waals surface area (Å²) in [6.07, 6.45) is 0. The van der Waals surface area contributed by atoms with Crippen molar-refractivity contribution < 1.29 is 4.79 Å². The van der Waals surface area contributed by atoms with E-state index in [0.717, 1.165) is 4.47 Å². The maximum atomic E-state index is 12.1. The van der Waals surface area contributed by atoms with Crippen LogP contribution in [0, 0.1) is 0 Å². The smallest absolute Gasteiger partial charge is 0.240 e. The van der Waals surface area contributed by atoms with E-state index in [4.69, 9.17) is 0 Å². The van der Waals surface area contributed by atoms with Crippen molar-refractivity contribution in [2.24, 2.45) is 4.99 Å². The van der Waals surface area contributed by atoms with Crippen molar-refractivity contribution in [1.82, 2.24) is 15.5 Å². The molecule has 0 unspecified atom stereocenters. The number of amides is 1. The number of guanidine groups is 1. The Morgan fingerprint density at radius 1 is 1.19 bits per heavy atom. The van der Waals surface area contributed by atoms with E-state index in [1.54, 1.807) is 7.05 Å². The van der Waals surface area contributed by atoms with Gasteiger partial charge in [0.25, 0.3) is 0 Å². The Morgan fingerprint density at radius 2 is 1.77 bits per heavy atom. The van der Waals surface area contributed by atoms with Crippen LogP contribution in [0.15, 0.2) is 33.7 Å². The fourth-order valence-electron chi connectivity index (χ4n) is 2.54. The minimum absolute atomic E-state index is 0. The van der Waals surface area contributed by atoms with Crippen LogP contribution in [0.5, 0.6) is 0 Å². The number of halogens is 2. The van der Waals surface area contributed by atoms with Crippen LogP contribution in [-0.2, 0) is 10.2 Å². The van der Waals surface area contributed by atoms with Crippen LogP contribution in [0.4, 0.5) is 0 Å². The summed E-state index contributed by atoms with van der Waals surface area (Å²) < 4.78 is 1.09. The van der Waals surface area contributed by atoms with Crippen LogP contribution in [0.1, 0.15) is 40.2 Å². The summed E-state index contributed by atoms with van der Waals surface area (Å²) in [6.45, 7) is 11.2. The fourth-order valence-corrected chi connectivity index (χ4v) is 3.36. The molecule has 1 aromatic rings. The molecule has 0 heterocycles. The van der Waals surface area contributed by atoms with Gasteiger partial charge in [0.05, 0.1) is 6.54 Å². The summed E-state index contributed by atoms with van der Waals surface area (Å²) in [5, 5.41) is 6.34. The third-order valence-electron chi connectivity index (χ3n) is 3.76. The third kappa shape index (κ3) is 8.24.